The summed E-state index contributed by atoms with van der Waals surface area (Å²) in [7, 11) is 0. The van der Waals surface area contributed by atoms with E-state index in [4.69, 9.17) is 19.6 Å². The maximum atomic E-state index is 11.9. The molecule has 1 aromatic heterocycles. The van der Waals surface area contributed by atoms with Crippen LogP contribution in [0.5, 0.6) is 5.75 Å². The van der Waals surface area contributed by atoms with Crippen LogP contribution in [0.2, 0.25) is 0 Å². The number of nitrogens with two attached hydrogens (primary N) is 1. The highest BCUT2D eigenvalue weighted by molar-refractivity contribution is 5.93. The SMILES string of the molecule is CCOC(=O)Cc1ccccc1OCc1cc(-c2ccc(N)cc2)c2occc2c1. The molecule has 0 amide bonds. The van der Waals surface area contributed by atoms with Gasteiger partial charge in [-0.25, -0.2) is 0 Å². The van der Waals surface area contributed by atoms with E-state index in [1.807, 2.05) is 60.7 Å². The molecule has 0 saturated carbocycles. The molecule has 0 fully saturated rings. The molecule has 0 atom stereocenters. The minimum Gasteiger partial charge on any atom is -0.489 e. The second-order valence-electron chi connectivity index (χ2n) is 6.98. The first-order valence-corrected chi connectivity index (χ1v) is 9.86. The second-order valence-corrected chi connectivity index (χ2v) is 6.98. The van der Waals surface area contributed by atoms with Crippen LogP contribution in [0.25, 0.3) is 22.1 Å². The zero-order valence-electron chi connectivity index (χ0n) is 16.8. The van der Waals surface area contributed by atoms with Crippen LogP contribution in [0.3, 0.4) is 0 Å². The number of nitrogen functional groups attached to an aromatic ring is 1. The molecule has 0 aliphatic carbocycles. The largest absolute Gasteiger partial charge is 0.489 e. The number of furan rings is 1. The van der Waals surface area contributed by atoms with Crippen molar-refractivity contribution in [3.05, 3.63) is 84.1 Å². The molecule has 5 nitrogen and oxygen atoms in total. The fourth-order valence-electron chi connectivity index (χ4n) is 3.42. The van der Waals surface area contributed by atoms with Gasteiger partial charge in [0.05, 0.1) is 19.3 Å². The molecule has 0 aliphatic heterocycles. The lowest BCUT2D eigenvalue weighted by atomic mass is 10.0. The van der Waals surface area contributed by atoms with Crippen molar-refractivity contribution in [2.45, 2.75) is 20.0 Å². The predicted molar refractivity (Wildman–Crippen MR) is 117 cm³/mol. The highest BCUT2D eigenvalue weighted by Gasteiger charge is 2.12. The number of hydrogen-bond acceptors (Lipinski definition) is 5. The van der Waals surface area contributed by atoms with Crippen molar-refractivity contribution >= 4 is 22.6 Å². The van der Waals surface area contributed by atoms with Crippen LogP contribution in [0, 0.1) is 0 Å². The molecule has 5 heteroatoms. The molecule has 152 valence electrons. The number of benzene rings is 3. The molecular formula is C25H23NO4. The Hall–Kier alpha value is -3.73. The summed E-state index contributed by atoms with van der Waals surface area (Å²) in [5.74, 6) is 0.408. The van der Waals surface area contributed by atoms with Crippen molar-refractivity contribution in [1.29, 1.82) is 0 Å². The van der Waals surface area contributed by atoms with Gasteiger partial charge < -0.3 is 19.6 Å². The number of para-hydroxylation sites is 1. The fourth-order valence-corrected chi connectivity index (χ4v) is 3.42. The van der Waals surface area contributed by atoms with Crippen LogP contribution in [0.15, 0.2) is 77.4 Å². The summed E-state index contributed by atoms with van der Waals surface area (Å²) >= 11 is 0. The van der Waals surface area contributed by atoms with Gasteiger partial charge in [0.1, 0.15) is 17.9 Å². The summed E-state index contributed by atoms with van der Waals surface area (Å²) in [6.07, 6.45) is 1.87. The van der Waals surface area contributed by atoms with Gasteiger partial charge in [-0.05, 0) is 54.4 Å². The van der Waals surface area contributed by atoms with Gasteiger partial charge in [0.15, 0.2) is 0 Å². The van der Waals surface area contributed by atoms with Gasteiger partial charge in [-0.3, -0.25) is 4.79 Å². The third-order valence-corrected chi connectivity index (χ3v) is 4.84. The number of carbonyl (C=O) groups is 1. The van der Waals surface area contributed by atoms with E-state index >= 15 is 0 Å². The van der Waals surface area contributed by atoms with Crippen molar-refractivity contribution < 1.29 is 18.7 Å². The van der Waals surface area contributed by atoms with Crippen LogP contribution in [-0.2, 0) is 22.6 Å². The van der Waals surface area contributed by atoms with E-state index in [0.717, 1.165) is 33.2 Å². The van der Waals surface area contributed by atoms with Gasteiger partial charge in [0, 0.05) is 22.2 Å². The predicted octanol–water partition coefficient (Wildman–Crippen LogP) is 5.37. The molecule has 4 aromatic rings. The molecule has 1 heterocycles. The lowest BCUT2D eigenvalue weighted by Crippen LogP contribution is -2.09. The van der Waals surface area contributed by atoms with Gasteiger partial charge in [-0.15, -0.1) is 0 Å². The van der Waals surface area contributed by atoms with E-state index in [0.29, 0.717) is 24.7 Å². The molecule has 2 N–H and O–H groups in total. The lowest BCUT2D eigenvalue weighted by Gasteiger charge is -2.12. The number of esters is 1. The minimum atomic E-state index is -0.265. The van der Waals surface area contributed by atoms with E-state index < -0.39 is 0 Å². The minimum absolute atomic E-state index is 0.182. The standard InChI is InChI=1S/C25H23NO4/c1-2-28-24(27)15-19-5-3-4-6-23(19)30-16-17-13-20-11-12-29-25(20)22(14-17)18-7-9-21(26)10-8-18/h3-14H,2,15-16,26H2,1H3. The number of hydrogen-bond donors (Lipinski definition) is 1. The van der Waals surface area contributed by atoms with Gasteiger partial charge in [-0.1, -0.05) is 30.3 Å². The summed E-state index contributed by atoms with van der Waals surface area (Å²) in [6.45, 7) is 2.52. The first-order chi connectivity index (χ1) is 14.6. The molecule has 4 rings (SSSR count). The van der Waals surface area contributed by atoms with E-state index in [-0.39, 0.29) is 12.4 Å². The number of ether oxygens (including phenoxy) is 2. The Labute approximate surface area is 175 Å². The Morgan fingerprint density at radius 2 is 1.83 bits per heavy atom. The first kappa shape index (κ1) is 19.6. The molecular weight excluding hydrogens is 378 g/mol. The molecule has 0 aliphatic rings. The Balaban J connectivity index is 1.60. The maximum absolute atomic E-state index is 11.9. The lowest BCUT2D eigenvalue weighted by molar-refractivity contribution is -0.142. The topological polar surface area (TPSA) is 74.7 Å². The molecule has 0 spiro atoms. The van der Waals surface area contributed by atoms with Crippen molar-refractivity contribution in [2.24, 2.45) is 0 Å². The van der Waals surface area contributed by atoms with Crippen LogP contribution in [0.4, 0.5) is 5.69 Å². The van der Waals surface area contributed by atoms with E-state index in [1.165, 1.54) is 0 Å². The Kier molecular flexibility index (Phi) is 5.70. The Morgan fingerprint density at radius 1 is 1.03 bits per heavy atom. The molecule has 3 aromatic carbocycles. The van der Waals surface area contributed by atoms with Crippen molar-refractivity contribution in [3.8, 4) is 16.9 Å². The highest BCUT2D eigenvalue weighted by Crippen LogP contribution is 2.32. The highest BCUT2D eigenvalue weighted by atomic mass is 16.5. The first-order valence-electron chi connectivity index (χ1n) is 9.86. The van der Waals surface area contributed by atoms with Crippen molar-refractivity contribution in [2.75, 3.05) is 12.3 Å². The van der Waals surface area contributed by atoms with E-state index in [1.54, 1.807) is 13.2 Å². The quantitative estimate of drug-likeness (QED) is 0.333. The Bertz CT molecular complexity index is 1160. The van der Waals surface area contributed by atoms with Gasteiger partial charge in [0.2, 0.25) is 0 Å². The molecule has 30 heavy (non-hydrogen) atoms. The van der Waals surface area contributed by atoms with Crippen LogP contribution in [-0.4, -0.2) is 12.6 Å². The number of carbonyl (C=O) groups excluding carboxylic acids is 1. The van der Waals surface area contributed by atoms with Gasteiger partial charge >= 0.3 is 5.97 Å². The van der Waals surface area contributed by atoms with Crippen molar-refractivity contribution in [3.63, 3.8) is 0 Å². The molecule has 0 unspecified atom stereocenters. The zero-order valence-corrected chi connectivity index (χ0v) is 16.8. The molecule has 0 bridgehead atoms. The zero-order chi connectivity index (χ0) is 20.9. The average molecular weight is 401 g/mol. The Morgan fingerprint density at radius 3 is 2.63 bits per heavy atom. The van der Waals surface area contributed by atoms with Crippen LogP contribution >= 0.6 is 0 Å². The smallest absolute Gasteiger partial charge is 0.310 e. The van der Waals surface area contributed by atoms with E-state index in [2.05, 4.69) is 6.07 Å². The van der Waals surface area contributed by atoms with Crippen molar-refractivity contribution in [1.82, 2.24) is 0 Å². The third-order valence-electron chi connectivity index (χ3n) is 4.84. The van der Waals surface area contributed by atoms with Gasteiger partial charge in [-0.2, -0.15) is 0 Å². The monoisotopic (exact) mass is 401 g/mol. The fraction of sp³-hybridized carbons (Fsp3) is 0.160. The molecule has 0 radical (unpaired) electrons. The average Bonchev–Trinajstić information content (AvgIpc) is 3.22. The summed E-state index contributed by atoms with van der Waals surface area (Å²) in [5.41, 5.74) is 11.2. The summed E-state index contributed by atoms with van der Waals surface area (Å²) in [5, 5.41) is 1.00. The van der Waals surface area contributed by atoms with Gasteiger partial charge in [0.25, 0.3) is 0 Å². The number of rotatable bonds is 7. The molecule has 0 saturated heterocycles. The summed E-state index contributed by atoms with van der Waals surface area (Å²) < 4.78 is 16.9. The van der Waals surface area contributed by atoms with Crippen LogP contribution in [0.1, 0.15) is 18.1 Å². The summed E-state index contributed by atoms with van der Waals surface area (Å²) in [4.78, 5) is 11.9. The maximum Gasteiger partial charge on any atom is 0.310 e. The second kappa shape index (κ2) is 8.74. The normalized spacial score (nSPS) is 10.8. The third kappa shape index (κ3) is 4.30. The number of anilines is 1. The summed E-state index contributed by atoms with van der Waals surface area (Å²) in [6, 6.07) is 21.3. The van der Waals surface area contributed by atoms with Crippen LogP contribution < -0.4 is 10.5 Å². The number of fused-ring (bicyclic) bond motifs is 1. The van der Waals surface area contributed by atoms with E-state index in [9.17, 15) is 4.79 Å².